The van der Waals surface area contributed by atoms with Crippen molar-refractivity contribution in [3.05, 3.63) is 6.92 Å². The van der Waals surface area contributed by atoms with E-state index < -0.39 is 0 Å². The van der Waals surface area contributed by atoms with Gasteiger partial charge in [-0.3, -0.25) is 4.90 Å². The summed E-state index contributed by atoms with van der Waals surface area (Å²) in [5, 5.41) is 0. The smallest absolute Gasteiger partial charge is 0.0594 e. The Labute approximate surface area is 63.2 Å². The van der Waals surface area contributed by atoms with Gasteiger partial charge in [0.2, 0.25) is 0 Å². The van der Waals surface area contributed by atoms with Crippen molar-refractivity contribution in [1.29, 1.82) is 0 Å². The third-order valence-corrected chi connectivity index (χ3v) is 1.83. The normalized spacial score (nSPS) is 21.3. The van der Waals surface area contributed by atoms with Gasteiger partial charge in [-0.2, -0.15) is 0 Å². The number of unbranched alkanes of at least 4 members (excludes halogenated alkanes) is 1. The molecule has 0 aliphatic carbocycles. The molecule has 1 aliphatic rings. The Morgan fingerprint density at radius 2 is 2.00 bits per heavy atom. The van der Waals surface area contributed by atoms with E-state index in [1.807, 2.05) is 0 Å². The molecule has 1 fully saturated rings. The number of ether oxygens (including phenoxy) is 1. The van der Waals surface area contributed by atoms with Crippen LogP contribution in [0.1, 0.15) is 12.8 Å². The molecule has 0 amide bonds. The molecule has 1 radical (unpaired) electrons. The molecule has 0 aromatic rings. The summed E-state index contributed by atoms with van der Waals surface area (Å²) < 4.78 is 5.22. The summed E-state index contributed by atoms with van der Waals surface area (Å²) in [5.41, 5.74) is 0. The number of rotatable bonds is 3. The predicted molar refractivity (Wildman–Crippen MR) is 41.9 cm³/mol. The predicted octanol–water partition coefficient (Wildman–Crippen LogP) is 0.933. The van der Waals surface area contributed by atoms with Crippen molar-refractivity contribution in [3.63, 3.8) is 0 Å². The van der Waals surface area contributed by atoms with Crippen molar-refractivity contribution in [2.75, 3.05) is 32.8 Å². The Morgan fingerprint density at radius 3 is 2.60 bits per heavy atom. The molecule has 0 atom stereocenters. The fourth-order valence-corrected chi connectivity index (χ4v) is 1.16. The Hall–Kier alpha value is -0.0800. The minimum Gasteiger partial charge on any atom is -0.379 e. The summed E-state index contributed by atoms with van der Waals surface area (Å²) in [6.45, 7) is 9.06. The lowest BCUT2D eigenvalue weighted by Crippen LogP contribution is -2.36. The second-order valence-corrected chi connectivity index (χ2v) is 2.66. The molecular weight excluding hydrogens is 126 g/mol. The third kappa shape index (κ3) is 2.67. The highest BCUT2D eigenvalue weighted by atomic mass is 16.5. The highest BCUT2D eigenvalue weighted by Gasteiger charge is 2.07. The first kappa shape index (κ1) is 8.02. The van der Waals surface area contributed by atoms with Gasteiger partial charge in [-0.05, 0) is 13.0 Å². The van der Waals surface area contributed by atoms with Crippen LogP contribution < -0.4 is 0 Å². The van der Waals surface area contributed by atoms with E-state index in [-0.39, 0.29) is 0 Å². The maximum atomic E-state index is 5.22. The van der Waals surface area contributed by atoms with Gasteiger partial charge in [-0.1, -0.05) is 13.3 Å². The van der Waals surface area contributed by atoms with Gasteiger partial charge in [0.1, 0.15) is 0 Å². The fourth-order valence-electron chi connectivity index (χ4n) is 1.16. The average Bonchev–Trinajstić information content (AvgIpc) is 2.03. The summed E-state index contributed by atoms with van der Waals surface area (Å²) in [5.74, 6) is 0. The van der Waals surface area contributed by atoms with E-state index in [1.54, 1.807) is 0 Å². The summed E-state index contributed by atoms with van der Waals surface area (Å²) >= 11 is 0. The molecule has 10 heavy (non-hydrogen) atoms. The number of morpholine rings is 1. The van der Waals surface area contributed by atoms with Crippen LogP contribution in [-0.2, 0) is 4.74 Å². The fraction of sp³-hybridized carbons (Fsp3) is 0.875. The Morgan fingerprint density at radius 1 is 1.30 bits per heavy atom. The van der Waals surface area contributed by atoms with E-state index in [1.165, 1.54) is 13.0 Å². The molecule has 1 rings (SSSR count). The zero-order chi connectivity index (χ0) is 7.23. The zero-order valence-electron chi connectivity index (χ0n) is 6.51. The van der Waals surface area contributed by atoms with Crippen LogP contribution in [0.5, 0.6) is 0 Å². The Balaban J connectivity index is 2.02. The quantitative estimate of drug-likeness (QED) is 0.581. The molecule has 0 aromatic carbocycles. The van der Waals surface area contributed by atoms with Crippen molar-refractivity contribution in [3.8, 4) is 0 Å². The Kier molecular flexibility index (Phi) is 3.76. The van der Waals surface area contributed by atoms with Gasteiger partial charge in [0.15, 0.2) is 0 Å². The maximum Gasteiger partial charge on any atom is 0.0594 e. The summed E-state index contributed by atoms with van der Waals surface area (Å²) in [6.07, 6.45) is 2.28. The SMILES string of the molecule is [CH2]CCCN1CCOCC1. The van der Waals surface area contributed by atoms with Crippen molar-refractivity contribution in [2.45, 2.75) is 12.8 Å². The van der Waals surface area contributed by atoms with E-state index >= 15 is 0 Å². The van der Waals surface area contributed by atoms with Gasteiger partial charge >= 0.3 is 0 Å². The highest BCUT2D eigenvalue weighted by molar-refractivity contribution is 4.61. The highest BCUT2D eigenvalue weighted by Crippen LogP contribution is 1.98. The first-order chi connectivity index (χ1) is 4.93. The van der Waals surface area contributed by atoms with Crippen molar-refractivity contribution < 1.29 is 4.74 Å². The van der Waals surface area contributed by atoms with E-state index in [0.29, 0.717) is 0 Å². The van der Waals surface area contributed by atoms with Crippen LogP contribution in [0.3, 0.4) is 0 Å². The van der Waals surface area contributed by atoms with Gasteiger partial charge in [0.05, 0.1) is 13.2 Å². The number of hydrogen-bond donors (Lipinski definition) is 0. The molecule has 2 heteroatoms. The molecule has 0 bridgehead atoms. The zero-order valence-corrected chi connectivity index (χ0v) is 6.51. The largest absolute Gasteiger partial charge is 0.379 e. The van der Waals surface area contributed by atoms with E-state index in [4.69, 9.17) is 4.74 Å². The van der Waals surface area contributed by atoms with Gasteiger partial charge in [0.25, 0.3) is 0 Å². The molecule has 1 saturated heterocycles. The van der Waals surface area contributed by atoms with Crippen molar-refractivity contribution >= 4 is 0 Å². The molecule has 1 aliphatic heterocycles. The van der Waals surface area contributed by atoms with E-state index in [0.717, 1.165) is 32.7 Å². The topological polar surface area (TPSA) is 12.5 Å². The maximum absolute atomic E-state index is 5.22. The van der Waals surface area contributed by atoms with Crippen LogP contribution in [0.15, 0.2) is 0 Å². The second kappa shape index (κ2) is 4.69. The van der Waals surface area contributed by atoms with Crippen molar-refractivity contribution in [2.24, 2.45) is 0 Å². The lowest BCUT2D eigenvalue weighted by molar-refractivity contribution is 0.0375. The third-order valence-electron chi connectivity index (χ3n) is 1.83. The molecular formula is C8H16NO. The van der Waals surface area contributed by atoms with Crippen molar-refractivity contribution in [1.82, 2.24) is 4.90 Å². The van der Waals surface area contributed by atoms with Crippen LogP contribution in [-0.4, -0.2) is 37.7 Å². The molecule has 59 valence electrons. The molecule has 0 unspecified atom stereocenters. The summed E-state index contributed by atoms with van der Waals surface area (Å²) in [6, 6.07) is 0. The lowest BCUT2D eigenvalue weighted by atomic mass is 10.3. The van der Waals surface area contributed by atoms with Crippen LogP contribution in [0.2, 0.25) is 0 Å². The minimum atomic E-state index is 0.914. The number of hydrogen-bond acceptors (Lipinski definition) is 2. The van der Waals surface area contributed by atoms with Gasteiger partial charge < -0.3 is 4.74 Å². The standard InChI is InChI=1S/C8H16NO/c1-2-3-4-9-5-7-10-8-6-9/h1-8H2. The molecule has 0 saturated carbocycles. The van der Waals surface area contributed by atoms with Gasteiger partial charge in [-0.25, -0.2) is 0 Å². The molecule has 1 heterocycles. The van der Waals surface area contributed by atoms with E-state index in [9.17, 15) is 0 Å². The summed E-state index contributed by atoms with van der Waals surface area (Å²) in [7, 11) is 0. The molecule has 0 N–H and O–H groups in total. The van der Waals surface area contributed by atoms with Crippen LogP contribution in [0, 0.1) is 6.92 Å². The van der Waals surface area contributed by atoms with E-state index in [2.05, 4.69) is 11.8 Å². The van der Waals surface area contributed by atoms with Gasteiger partial charge in [0, 0.05) is 13.1 Å². The van der Waals surface area contributed by atoms with Crippen LogP contribution >= 0.6 is 0 Å². The van der Waals surface area contributed by atoms with Crippen LogP contribution in [0.25, 0.3) is 0 Å². The first-order valence-corrected chi connectivity index (χ1v) is 4.03. The minimum absolute atomic E-state index is 0.914. The number of nitrogens with zero attached hydrogens (tertiary/aromatic N) is 1. The monoisotopic (exact) mass is 142 g/mol. The van der Waals surface area contributed by atoms with Gasteiger partial charge in [-0.15, -0.1) is 0 Å². The molecule has 2 nitrogen and oxygen atoms in total. The second-order valence-electron chi connectivity index (χ2n) is 2.66. The molecule has 0 spiro atoms. The average molecular weight is 142 g/mol. The Bertz CT molecular complexity index is 79.3. The lowest BCUT2D eigenvalue weighted by Gasteiger charge is -2.26. The van der Waals surface area contributed by atoms with Crippen LogP contribution in [0.4, 0.5) is 0 Å². The summed E-state index contributed by atoms with van der Waals surface area (Å²) in [4.78, 5) is 2.44. The first-order valence-electron chi connectivity index (χ1n) is 4.03. The molecule has 0 aromatic heterocycles.